The molecule has 10 nitrogen and oxygen atoms in total. The number of nitrogens with zero attached hydrogens (tertiary/aromatic N) is 5. The van der Waals surface area contributed by atoms with Gasteiger partial charge in [-0.25, -0.2) is 23.5 Å². The number of nitrogens with one attached hydrogen (secondary N) is 1. The number of benzene rings is 1. The van der Waals surface area contributed by atoms with Gasteiger partial charge in [-0.1, -0.05) is 0 Å². The van der Waals surface area contributed by atoms with E-state index in [2.05, 4.69) is 25.3 Å². The lowest BCUT2D eigenvalue weighted by Crippen LogP contribution is -2.15. The summed E-state index contributed by atoms with van der Waals surface area (Å²) in [7, 11) is -3.76. The van der Waals surface area contributed by atoms with Crippen LogP contribution in [0.25, 0.3) is 5.78 Å². The lowest BCUT2D eigenvalue weighted by Gasteiger charge is -1.99. The predicted molar refractivity (Wildman–Crippen MR) is 80.3 cm³/mol. The van der Waals surface area contributed by atoms with E-state index < -0.39 is 15.6 Å². The first kappa shape index (κ1) is 15.0. The van der Waals surface area contributed by atoms with Gasteiger partial charge in [0, 0.05) is 0 Å². The van der Waals surface area contributed by atoms with E-state index >= 15 is 0 Å². The Bertz CT molecular complexity index is 1060. The molecule has 2 aromatic heterocycles. The summed E-state index contributed by atoms with van der Waals surface area (Å²) < 4.78 is 23.5. The number of azo groups is 1. The number of H-pyrrole nitrogens is 1. The molecule has 0 aliphatic carbocycles. The molecule has 11 heteroatoms. The van der Waals surface area contributed by atoms with Crippen LogP contribution in [-0.2, 0) is 10.0 Å². The number of aromatic amines is 1. The fourth-order valence-electron chi connectivity index (χ4n) is 1.88. The first-order valence-electron chi connectivity index (χ1n) is 6.33. The van der Waals surface area contributed by atoms with Crippen molar-refractivity contribution in [1.29, 1.82) is 0 Å². The third-order valence-electron chi connectivity index (χ3n) is 3.01. The number of hydrogen-bond acceptors (Lipinski definition) is 7. The second-order valence-corrected chi connectivity index (χ2v) is 6.17. The molecule has 23 heavy (non-hydrogen) atoms. The van der Waals surface area contributed by atoms with Gasteiger partial charge in [0.15, 0.2) is 5.69 Å². The second-order valence-electron chi connectivity index (χ2n) is 4.61. The molecule has 0 bridgehead atoms. The van der Waals surface area contributed by atoms with E-state index in [1.165, 1.54) is 30.6 Å². The monoisotopic (exact) mass is 333 g/mol. The molecule has 3 N–H and O–H groups in total. The van der Waals surface area contributed by atoms with E-state index in [9.17, 15) is 13.2 Å². The number of hydrogen-bond donors (Lipinski definition) is 2. The highest BCUT2D eigenvalue weighted by Gasteiger charge is 2.11. The Morgan fingerprint density at radius 2 is 1.91 bits per heavy atom. The van der Waals surface area contributed by atoms with Gasteiger partial charge in [-0.15, -0.1) is 5.11 Å². The number of sulfonamides is 1. The van der Waals surface area contributed by atoms with Gasteiger partial charge in [0.2, 0.25) is 10.0 Å². The largest absolute Gasteiger partial charge is 0.302 e. The van der Waals surface area contributed by atoms with Crippen molar-refractivity contribution < 1.29 is 8.42 Å². The minimum atomic E-state index is -3.76. The molecule has 0 atom stereocenters. The zero-order valence-corrected chi connectivity index (χ0v) is 12.6. The summed E-state index contributed by atoms with van der Waals surface area (Å²) in [4.78, 5) is 20.2. The molecule has 0 unspecified atom stereocenters. The molecule has 1 aromatic carbocycles. The molecular weight excluding hydrogens is 322 g/mol. The Kier molecular flexibility index (Phi) is 3.50. The lowest BCUT2D eigenvalue weighted by atomic mass is 10.3. The molecule has 0 saturated carbocycles. The third kappa shape index (κ3) is 2.86. The van der Waals surface area contributed by atoms with Gasteiger partial charge >= 0.3 is 5.56 Å². The Labute approximate surface area is 129 Å². The van der Waals surface area contributed by atoms with Crippen molar-refractivity contribution in [3.05, 3.63) is 46.6 Å². The van der Waals surface area contributed by atoms with Crippen molar-refractivity contribution in [3.8, 4) is 0 Å². The van der Waals surface area contributed by atoms with Crippen molar-refractivity contribution in [2.24, 2.45) is 15.4 Å². The minimum absolute atomic E-state index is 0.0340. The van der Waals surface area contributed by atoms with Gasteiger partial charge in [-0.2, -0.15) is 9.63 Å². The first-order valence-corrected chi connectivity index (χ1v) is 7.88. The number of primary sulfonamides is 1. The van der Waals surface area contributed by atoms with Gasteiger partial charge < -0.3 is 0 Å². The fourth-order valence-corrected chi connectivity index (χ4v) is 2.39. The average Bonchev–Trinajstić information content (AvgIpc) is 2.95. The predicted octanol–water partition coefficient (Wildman–Crippen LogP) is 0.789. The summed E-state index contributed by atoms with van der Waals surface area (Å²) in [5.41, 5.74) is 0.370. The first-order chi connectivity index (χ1) is 10.9. The molecule has 118 valence electrons. The summed E-state index contributed by atoms with van der Waals surface area (Å²) in [6, 6.07) is 5.47. The summed E-state index contributed by atoms with van der Waals surface area (Å²) in [5.74, 6) is 0.240. The van der Waals surface area contributed by atoms with Crippen molar-refractivity contribution in [1.82, 2.24) is 19.6 Å². The minimum Gasteiger partial charge on any atom is -0.278 e. The van der Waals surface area contributed by atoms with Crippen LogP contribution in [0.2, 0.25) is 0 Å². The summed E-state index contributed by atoms with van der Waals surface area (Å²) in [5, 5.41) is 15.4. The van der Waals surface area contributed by atoms with Gasteiger partial charge in [-0.3, -0.25) is 9.89 Å². The molecular formula is C12H11N7O3S. The second kappa shape index (κ2) is 5.37. The molecule has 3 rings (SSSR count). The van der Waals surface area contributed by atoms with Crippen LogP contribution in [0.4, 0.5) is 11.4 Å². The normalized spacial score (nSPS) is 12.3. The van der Waals surface area contributed by atoms with Crippen molar-refractivity contribution in [2.75, 3.05) is 0 Å². The number of rotatable bonds is 3. The zero-order chi connectivity index (χ0) is 16.6. The average molecular weight is 333 g/mol. The van der Waals surface area contributed by atoms with E-state index in [0.29, 0.717) is 11.4 Å². The highest BCUT2D eigenvalue weighted by Crippen LogP contribution is 2.19. The SMILES string of the molecule is Cc1nc2nc[nH]n2c(=O)c1N=Nc1ccc(S(N)(=O)=O)cc1. The highest BCUT2D eigenvalue weighted by molar-refractivity contribution is 7.89. The van der Waals surface area contributed by atoms with Gasteiger partial charge in [-0.05, 0) is 31.2 Å². The Balaban J connectivity index is 1.99. The molecule has 3 aromatic rings. The Morgan fingerprint density at radius 1 is 1.22 bits per heavy atom. The molecule has 0 aliphatic rings. The summed E-state index contributed by atoms with van der Waals surface area (Å²) in [6.45, 7) is 1.62. The van der Waals surface area contributed by atoms with Crippen LogP contribution in [0.1, 0.15) is 5.69 Å². The van der Waals surface area contributed by atoms with Crippen molar-refractivity contribution in [2.45, 2.75) is 11.8 Å². The van der Waals surface area contributed by atoms with E-state index in [0.717, 1.165) is 4.52 Å². The van der Waals surface area contributed by atoms with Crippen LogP contribution in [0.5, 0.6) is 0 Å². The van der Waals surface area contributed by atoms with Crippen LogP contribution >= 0.6 is 0 Å². The molecule has 0 radical (unpaired) electrons. The molecule has 0 fully saturated rings. The lowest BCUT2D eigenvalue weighted by molar-refractivity contribution is 0.598. The highest BCUT2D eigenvalue weighted by atomic mass is 32.2. The van der Waals surface area contributed by atoms with E-state index in [4.69, 9.17) is 5.14 Å². The van der Waals surface area contributed by atoms with Gasteiger partial charge in [0.05, 0.1) is 16.3 Å². The van der Waals surface area contributed by atoms with Crippen LogP contribution in [-0.4, -0.2) is 28.0 Å². The molecule has 0 amide bonds. The quantitative estimate of drug-likeness (QED) is 0.680. The van der Waals surface area contributed by atoms with Crippen molar-refractivity contribution >= 4 is 27.2 Å². The maximum absolute atomic E-state index is 12.2. The zero-order valence-electron chi connectivity index (χ0n) is 11.8. The fraction of sp³-hybridized carbons (Fsp3) is 0.0833. The Morgan fingerprint density at radius 3 is 2.57 bits per heavy atom. The Hall–Kier alpha value is -2.92. The van der Waals surface area contributed by atoms with E-state index in [1.807, 2.05) is 0 Å². The molecule has 0 aliphatic heterocycles. The van der Waals surface area contributed by atoms with Gasteiger partial charge in [0.1, 0.15) is 6.33 Å². The van der Waals surface area contributed by atoms with E-state index in [1.54, 1.807) is 6.92 Å². The van der Waals surface area contributed by atoms with Crippen LogP contribution in [0, 0.1) is 6.92 Å². The van der Waals surface area contributed by atoms with Crippen LogP contribution < -0.4 is 10.7 Å². The van der Waals surface area contributed by atoms with E-state index in [-0.39, 0.29) is 16.4 Å². The van der Waals surface area contributed by atoms with Crippen molar-refractivity contribution in [3.63, 3.8) is 0 Å². The number of fused-ring (bicyclic) bond motifs is 1. The smallest absolute Gasteiger partial charge is 0.278 e. The summed E-state index contributed by atoms with van der Waals surface area (Å²) >= 11 is 0. The summed E-state index contributed by atoms with van der Waals surface area (Å²) in [6.07, 6.45) is 1.34. The van der Waals surface area contributed by atoms with Crippen LogP contribution in [0.15, 0.2) is 50.5 Å². The number of aromatic nitrogens is 4. The van der Waals surface area contributed by atoms with Gasteiger partial charge in [0.25, 0.3) is 5.78 Å². The number of aryl methyl sites for hydroxylation is 1. The standard InChI is InChI=1S/C12H11N7O3S/c1-7-10(11(20)19-12(16-7)14-6-15-19)18-17-8-2-4-9(5-3-8)23(13,21)22/h2-6H,1H3,(H2,13,21,22)(H,14,15,16). The van der Waals surface area contributed by atoms with Crippen LogP contribution in [0.3, 0.4) is 0 Å². The maximum atomic E-state index is 12.2. The number of nitrogens with two attached hydrogens (primary N) is 1. The molecule has 2 heterocycles. The molecule has 0 saturated heterocycles. The topological polar surface area (TPSA) is 148 Å². The molecule has 0 spiro atoms. The third-order valence-corrected chi connectivity index (χ3v) is 3.94. The maximum Gasteiger partial charge on any atom is 0.302 e.